The van der Waals surface area contributed by atoms with Crippen LogP contribution in [0.2, 0.25) is 0 Å². The second-order valence-electron chi connectivity index (χ2n) is 2.48. The number of hydrogen-bond donors (Lipinski definition) is 1. The molecule has 0 saturated heterocycles. The van der Waals surface area contributed by atoms with Crippen molar-refractivity contribution < 1.29 is 19.0 Å². The Bertz CT molecular complexity index is 365. The van der Waals surface area contributed by atoms with Crippen LogP contribution in [0.3, 0.4) is 0 Å². The number of carboxylic acid groups (broad SMARTS) is 1. The lowest BCUT2D eigenvalue weighted by atomic mass is 10.2. The first-order chi connectivity index (χ1) is 6.57. The highest BCUT2D eigenvalue weighted by Crippen LogP contribution is 2.29. The Hall–Kier alpha value is -1.10. The molecule has 0 fully saturated rings. The molecule has 0 aliphatic heterocycles. The maximum Gasteiger partial charge on any atom is 0.339 e. The van der Waals surface area contributed by atoms with Crippen LogP contribution in [0.5, 0.6) is 5.75 Å². The van der Waals surface area contributed by atoms with Crippen LogP contribution in [0.25, 0.3) is 0 Å². The van der Waals surface area contributed by atoms with Crippen LogP contribution in [-0.4, -0.2) is 17.7 Å². The van der Waals surface area contributed by atoms with Gasteiger partial charge in [-0.05, 0) is 35.0 Å². The highest BCUT2D eigenvalue weighted by atomic mass is 79.9. The average Bonchev–Trinajstić information content (AvgIpc) is 2.13. The molecule has 0 bridgehead atoms. The van der Waals surface area contributed by atoms with Crippen LogP contribution >= 0.6 is 15.9 Å². The standard InChI is InChI=1S/C9H8BrFO3/c1-2-14-8-5(9(12)13)3-4-6(10)7(8)11/h3-4H,2H2,1H3,(H,12,13). The van der Waals surface area contributed by atoms with Crippen LogP contribution in [0.1, 0.15) is 17.3 Å². The first-order valence-corrected chi connectivity index (χ1v) is 4.71. The van der Waals surface area contributed by atoms with Crippen molar-refractivity contribution in [3.8, 4) is 5.75 Å². The molecule has 0 aliphatic carbocycles. The minimum absolute atomic E-state index is 0.174. The van der Waals surface area contributed by atoms with Gasteiger partial charge in [0.25, 0.3) is 0 Å². The lowest BCUT2D eigenvalue weighted by Gasteiger charge is -2.08. The molecule has 0 spiro atoms. The van der Waals surface area contributed by atoms with Gasteiger partial charge in [-0.1, -0.05) is 0 Å². The van der Waals surface area contributed by atoms with Crippen LogP contribution in [0.15, 0.2) is 16.6 Å². The fourth-order valence-corrected chi connectivity index (χ4v) is 1.30. The third kappa shape index (κ3) is 2.04. The summed E-state index contributed by atoms with van der Waals surface area (Å²) in [6.07, 6.45) is 0. The molecule has 1 rings (SSSR count). The molecular weight excluding hydrogens is 255 g/mol. The summed E-state index contributed by atoms with van der Waals surface area (Å²) in [5.41, 5.74) is -0.174. The van der Waals surface area contributed by atoms with E-state index in [1.165, 1.54) is 12.1 Å². The van der Waals surface area contributed by atoms with Crippen LogP contribution in [0.4, 0.5) is 4.39 Å². The van der Waals surface area contributed by atoms with Gasteiger partial charge in [0.1, 0.15) is 5.56 Å². The highest BCUT2D eigenvalue weighted by Gasteiger charge is 2.17. The third-order valence-corrected chi connectivity index (χ3v) is 2.18. The minimum Gasteiger partial charge on any atom is -0.490 e. The molecule has 0 atom stereocenters. The van der Waals surface area contributed by atoms with Crippen molar-refractivity contribution in [3.63, 3.8) is 0 Å². The van der Waals surface area contributed by atoms with Crippen molar-refractivity contribution in [2.75, 3.05) is 6.61 Å². The Balaban J connectivity index is 3.29. The number of halogens is 2. The molecule has 5 heteroatoms. The Labute approximate surface area is 88.6 Å². The van der Waals surface area contributed by atoms with Crippen molar-refractivity contribution in [2.24, 2.45) is 0 Å². The zero-order valence-corrected chi connectivity index (χ0v) is 8.97. The number of carboxylic acids is 1. The van der Waals surface area contributed by atoms with Gasteiger partial charge in [-0.2, -0.15) is 0 Å². The maximum atomic E-state index is 13.4. The Kier molecular flexibility index (Phi) is 3.46. The molecule has 0 radical (unpaired) electrons. The second-order valence-corrected chi connectivity index (χ2v) is 3.33. The fourth-order valence-electron chi connectivity index (χ4n) is 0.986. The number of rotatable bonds is 3. The first-order valence-electron chi connectivity index (χ1n) is 3.92. The molecule has 1 aromatic rings. The largest absolute Gasteiger partial charge is 0.490 e. The molecule has 0 unspecified atom stereocenters. The van der Waals surface area contributed by atoms with Gasteiger partial charge in [0.05, 0.1) is 11.1 Å². The van der Waals surface area contributed by atoms with E-state index in [1.807, 2.05) is 0 Å². The van der Waals surface area contributed by atoms with Crippen LogP contribution in [-0.2, 0) is 0 Å². The van der Waals surface area contributed by atoms with Gasteiger partial charge >= 0.3 is 5.97 Å². The minimum atomic E-state index is -1.21. The van der Waals surface area contributed by atoms with Gasteiger partial charge < -0.3 is 9.84 Å². The summed E-state index contributed by atoms with van der Waals surface area (Å²) in [5.74, 6) is -2.12. The number of ether oxygens (including phenoxy) is 1. The quantitative estimate of drug-likeness (QED) is 0.911. The number of carbonyl (C=O) groups is 1. The Morgan fingerprint density at radius 3 is 2.79 bits per heavy atom. The predicted octanol–water partition coefficient (Wildman–Crippen LogP) is 2.69. The smallest absolute Gasteiger partial charge is 0.339 e. The molecule has 0 amide bonds. The number of hydrogen-bond acceptors (Lipinski definition) is 2. The Morgan fingerprint density at radius 2 is 2.29 bits per heavy atom. The average molecular weight is 263 g/mol. The van der Waals surface area contributed by atoms with Gasteiger partial charge in [0.15, 0.2) is 11.6 Å². The van der Waals surface area contributed by atoms with Crippen molar-refractivity contribution >= 4 is 21.9 Å². The molecule has 76 valence electrons. The van der Waals surface area contributed by atoms with Crippen LogP contribution in [0, 0.1) is 5.82 Å². The summed E-state index contributed by atoms with van der Waals surface area (Å²) in [5, 5.41) is 8.75. The van der Waals surface area contributed by atoms with Crippen molar-refractivity contribution in [1.82, 2.24) is 0 Å². The van der Waals surface area contributed by atoms with E-state index < -0.39 is 11.8 Å². The predicted molar refractivity (Wildman–Crippen MR) is 52.2 cm³/mol. The molecule has 0 saturated carbocycles. The van der Waals surface area contributed by atoms with Crippen molar-refractivity contribution in [3.05, 3.63) is 28.0 Å². The molecule has 3 nitrogen and oxygen atoms in total. The highest BCUT2D eigenvalue weighted by molar-refractivity contribution is 9.10. The van der Waals surface area contributed by atoms with E-state index in [-0.39, 0.29) is 22.4 Å². The van der Waals surface area contributed by atoms with E-state index in [9.17, 15) is 9.18 Å². The molecule has 0 aromatic heterocycles. The molecule has 0 aliphatic rings. The van der Waals surface area contributed by atoms with Crippen molar-refractivity contribution in [2.45, 2.75) is 6.92 Å². The van der Waals surface area contributed by atoms with Gasteiger partial charge in [-0.15, -0.1) is 0 Å². The molecule has 1 N–H and O–H groups in total. The zero-order chi connectivity index (χ0) is 10.7. The summed E-state index contributed by atoms with van der Waals surface area (Å²) in [7, 11) is 0. The van der Waals surface area contributed by atoms with Gasteiger partial charge in [0.2, 0.25) is 0 Å². The first kappa shape index (κ1) is 11.0. The molecule has 1 aromatic carbocycles. The van der Waals surface area contributed by atoms with E-state index in [1.54, 1.807) is 6.92 Å². The van der Waals surface area contributed by atoms with Gasteiger partial charge in [-0.3, -0.25) is 0 Å². The fraction of sp³-hybridized carbons (Fsp3) is 0.222. The normalized spacial score (nSPS) is 9.93. The second kappa shape index (κ2) is 4.41. The van der Waals surface area contributed by atoms with E-state index in [2.05, 4.69) is 15.9 Å². The van der Waals surface area contributed by atoms with E-state index in [0.717, 1.165) is 0 Å². The molecule has 0 heterocycles. The Morgan fingerprint density at radius 1 is 1.64 bits per heavy atom. The summed E-state index contributed by atoms with van der Waals surface area (Å²) in [4.78, 5) is 10.7. The number of aromatic carboxylic acids is 1. The summed E-state index contributed by atoms with van der Waals surface area (Å²) in [6, 6.07) is 2.63. The lowest BCUT2D eigenvalue weighted by molar-refractivity contribution is 0.0691. The monoisotopic (exact) mass is 262 g/mol. The van der Waals surface area contributed by atoms with Gasteiger partial charge in [-0.25, -0.2) is 9.18 Å². The number of benzene rings is 1. The summed E-state index contributed by atoms with van der Waals surface area (Å²) >= 11 is 2.95. The van der Waals surface area contributed by atoms with E-state index in [0.29, 0.717) is 0 Å². The van der Waals surface area contributed by atoms with Gasteiger partial charge in [0, 0.05) is 0 Å². The maximum absolute atomic E-state index is 13.4. The third-order valence-electron chi connectivity index (χ3n) is 1.57. The summed E-state index contributed by atoms with van der Waals surface area (Å²) < 4.78 is 18.5. The molecule has 14 heavy (non-hydrogen) atoms. The molecular formula is C9H8BrFO3. The van der Waals surface area contributed by atoms with E-state index >= 15 is 0 Å². The van der Waals surface area contributed by atoms with Crippen molar-refractivity contribution in [1.29, 1.82) is 0 Å². The summed E-state index contributed by atoms with van der Waals surface area (Å²) in [6.45, 7) is 1.87. The van der Waals surface area contributed by atoms with Crippen LogP contribution < -0.4 is 4.74 Å². The zero-order valence-electron chi connectivity index (χ0n) is 7.38. The lowest BCUT2D eigenvalue weighted by Crippen LogP contribution is -2.05. The topological polar surface area (TPSA) is 46.5 Å². The van der Waals surface area contributed by atoms with E-state index in [4.69, 9.17) is 9.84 Å². The SMILES string of the molecule is CCOc1c(C(=O)O)ccc(Br)c1F.